The maximum Gasteiger partial charge on any atom is 0.338 e. The molecule has 1 heterocycles. The van der Waals surface area contributed by atoms with E-state index in [1.54, 1.807) is 29.2 Å². The molecule has 0 aromatic heterocycles. The molecule has 0 radical (unpaired) electrons. The molecule has 34 heavy (non-hydrogen) atoms. The van der Waals surface area contributed by atoms with Crippen LogP contribution in [0.4, 0.5) is 5.69 Å². The molecule has 9 heteroatoms. The molecular weight excluding hydrogens is 440 g/mol. The summed E-state index contributed by atoms with van der Waals surface area (Å²) >= 11 is 0. The number of nitrogens with zero attached hydrogens (tertiary/aromatic N) is 1. The Morgan fingerprint density at radius 1 is 1.00 bits per heavy atom. The van der Waals surface area contributed by atoms with Crippen molar-refractivity contribution < 1.29 is 33.3 Å². The Morgan fingerprint density at radius 2 is 1.76 bits per heavy atom. The smallest absolute Gasteiger partial charge is 0.338 e. The first-order valence-electron chi connectivity index (χ1n) is 11.1. The third-order valence-corrected chi connectivity index (χ3v) is 5.48. The highest BCUT2D eigenvalue weighted by Crippen LogP contribution is 2.29. The number of likely N-dealkylation sites (tertiary alicyclic amines) is 1. The largest absolute Gasteiger partial charge is 0.495 e. The molecule has 0 saturated carbocycles. The van der Waals surface area contributed by atoms with Gasteiger partial charge in [0.15, 0.2) is 24.7 Å². The monoisotopic (exact) mass is 470 g/mol. The summed E-state index contributed by atoms with van der Waals surface area (Å²) in [7, 11) is 2.94. The van der Waals surface area contributed by atoms with E-state index >= 15 is 0 Å². The Labute approximate surface area is 198 Å². The van der Waals surface area contributed by atoms with Gasteiger partial charge < -0.3 is 29.2 Å². The van der Waals surface area contributed by atoms with E-state index in [1.165, 1.54) is 32.4 Å². The molecule has 1 unspecified atom stereocenters. The van der Waals surface area contributed by atoms with Crippen molar-refractivity contribution in [3.05, 3.63) is 48.0 Å². The summed E-state index contributed by atoms with van der Waals surface area (Å²) in [5.41, 5.74) is 0.736. The van der Waals surface area contributed by atoms with Crippen LogP contribution in [0.15, 0.2) is 42.5 Å². The zero-order chi connectivity index (χ0) is 24.5. The van der Waals surface area contributed by atoms with E-state index in [2.05, 4.69) is 12.2 Å². The zero-order valence-corrected chi connectivity index (χ0v) is 19.7. The summed E-state index contributed by atoms with van der Waals surface area (Å²) in [5, 5.41) is 2.72. The molecule has 182 valence electrons. The molecule has 1 aliphatic heterocycles. The fourth-order valence-corrected chi connectivity index (χ4v) is 3.71. The van der Waals surface area contributed by atoms with Crippen molar-refractivity contribution in [1.82, 2.24) is 4.90 Å². The summed E-state index contributed by atoms with van der Waals surface area (Å²) in [6.07, 6.45) is 2.05. The highest BCUT2D eigenvalue weighted by atomic mass is 16.5. The van der Waals surface area contributed by atoms with E-state index in [4.69, 9.17) is 18.9 Å². The van der Waals surface area contributed by atoms with Gasteiger partial charge in [0, 0.05) is 13.1 Å². The fraction of sp³-hybridized carbons (Fsp3) is 0.400. The Morgan fingerprint density at radius 3 is 2.50 bits per heavy atom. The predicted molar refractivity (Wildman–Crippen MR) is 125 cm³/mol. The molecule has 2 aromatic carbocycles. The van der Waals surface area contributed by atoms with Gasteiger partial charge in [-0.05, 0) is 49.1 Å². The number of benzene rings is 2. The molecule has 1 atom stereocenters. The summed E-state index contributed by atoms with van der Waals surface area (Å²) in [6.45, 7) is 2.88. The van der Waals surface area contributed by atoms with E-state index in [0.717, 1.165) is 12.8 Å². The molecule has 0 aliphatic carbocycles. The lowest BCUT2D eigenvalue weighted by Gasteiger charge is -2.30. The van der Waals surface area contributed by atoms with E-state index in [1.807, 2.05) is 0 Å². The molecule has 1 fully saturated rings. The number of amides is 2. The second-order valence-corrected chi connectivity index (χ2v) is 8.07. The Balaban J connectivity index is 1.54. The second kappa shape index (κ2) is 11.9. The van der Waals surface area contributed by atoms with Crippen molar-refractivity contribution >= 4 is 23.5 Å². The van der Waals surface area contributed by atoms with Crippen molar-refractivity contribution in [3.8, 4) is 17.2 Å². The van der Waals surface area contributed by atoms with Gasteiger partial charge in [-0.15, -0.1) is 0 Å². The highest BCUT2D eigenvalue weighted by molar-refractivity contribution is 5.94. The number of nitrogens with one attached hydrogen (secondary N) is 1. The summed E-state index contributed by atoms with van der Waals surface area (Å²) in [4.78, 5) is 38.8. The van der Waals surface area contributed by atoms with Crippen LogP contribution in [-0.2, 0) is 14.3 Å². The number of esters is 1. The molecular formula is C25H30N2O7. The normalized spacial score (nSPS) is 15.3. The number of hydrogen-bond acceptors (Lipinski definition) is 7. The Hall–Kier alpha value is -3.75. The maximum absolute atomic E-state index is 12.4. The fourth-order valence-electron chi connectivity index (χ4n) is 3.71. The van der Waals surface area contributed by atoms with Crippen LogP contribution in [0.25, 0.3) is 0 Å². The number of para-hydroxylation sites is 2. The van der Waals surface area contributed by atoms with Gasteiger partial charge in [-0.3, -0.25) is 9.59 Å². The highest BCUT2D eigenvalue weighted by Gasteiger charge is 2.22. The lowest BCUT2D eigenvalue weighted by molar-refractivity contribution is -0.136. The van der Waals surface area contributed by atoms with Crippen molar-refractivity contribution in [3.63, 3.8) is 0 Å². The molecule has 1 aliphatic rings. The number of anilines is 1. The van der Waals surface area contributed by atoms with Crippen molar-refractivity contribution in [2.24, 2.45) is 5.92 Å². The summed E-state index contributed by atoms with van der Waals surface area (Å²) in [6, 6.07) is 11.5. The number of carbonyl (C=O) groups is 3. The topological polar surface area (TPSA) is 103 Å². The second-order valence-electron chi connectivity index (χ2n) is 8.07. The standard InChI is InChI=1S/C25H30N2O7/c1-17-7-6-12-27(14-17)24(29)16-34-25(30)18-10-11-21(22(13-18)32-3)33-15-23(28)26-19-8-4-5-9-20(19)31-2/h4-5,8-11,13,17H,6-7,12,14-16H2,1-3H3,(H,26,28). The van der Waals surface area contributed by atoms with Gasteiger partial charge in [0.1, 0.15) is 5.75 Å². The van der Waals surface area contributed by atoms with Crippen molar-refractivity contribution in [1.29, 1.82) is 0 Å². The SMILES string of the molecule is COc1ccccc1NC(=O)COc1ccc(C(=O)OCC(=O)N2CCCC(C)C2)cc1OC. The van der Waals surface area contributed by atoms with Crippen LogP contribution in [0.1, 0.15) is 30.1 Å². The minimum atomic E-state index is -0.642. The van der Waals surface area contributed by atoms with Gasteiger partial charge in [-0.1, -0.05) is 19.1 Å². The Bertz CT molecular complexity index is 1020. The molecule has 3 rings (SSSR count). The van der Waals surface area contributed by atoms with Gasteiger partial charge in [0.05, 0.1) is 25.5 Å². The first-order chi connectivity index (χ1) is 16.4. The number of carbonyl (C=O) groups excluding carboxylic acids is 3. The molecule has 0 spiro atoms. The van der Waals surface area contributed by atoms with E-state index < -0.39 is 5.97 Å². The third-order valence-electron chi connectivity index (χ3n) is 5.48. The number of ether oxygens (including phenoxy) is 4. The Kier molecular flexibility index (Phi) is 8.73. The van der Waals surface area contributed by atoms with Crippen LogP contribution in [0.3, 0.4) is 0 Å². The van der Waals surface area contributed by atoms with Crippen LogP contribution in [0.2, 0.25) is 0 Å². The molecule has 1 saturated heterocycles. The average Bonchev–Trinajstić information content (AvgIpc) is 2.86. The lowest BCUT2D eigenvalue weighted by atomic mass is 10.0. The van der Waals surface area contributed by atoms with E-state index in [-0.39, 0.29) is 42.1 Å². The summed E-state index contributed by atoms with van der Waals surface area (Å²) in [5.74, 6) is 0.292. The van der Waals surface area contributed by atoms with Gasteiger partial charge in [-0.2, -0.15) is 0 Å². The number of methoxy groups -OCH3 is 2. The molecule has 2 amide bonds. The van der Waals surface area contributed by atoms with Crippen molar-refractivity contribution in [2.75, 3.05) is 45.8 Å². The van der Waals surface area contributed by atoms with Crippen LogP contribution in [-0.4, -0.2) is 63.2 Å². The first-order valence-corrected chi connectivity index (χ1v) is 11.1. The molecule has 1 N–H and O–H groups in total. The van der Waals surface area contributed by atoms with Crippen LogP contribution >= 0.6 is 0 Å². The van der Waals surface area contributed by atoms with Crippen LogP contribution in [0, 0.1) is 5.92 Å². The molecule has 9 nitrogen and oxygen atoms in total. The van der Waals surface area contributed by atoms with Gasteiger partial charge in [0.25, 0.3) is 11.8 Å². The van der Waals surface area contributed by atoms with Gasteiger partial charge in [0.2, 0.25) is 0 Å². The number of piperidine rings is 1. The third kappa shape index (κ3) is 6.63. The minimum Gasteiger partial charge on any atom is -0.495 e. The summed E-state index contributed by atoms with van der Waals surface area (Å²) < 4.78 is 21.3. The maximum atomic E-state index is 12.4. The number of hydrogen-bond donors (Lipinski definition) is 1. The average molecular weight is 471 g/mol. The van der Waals surface area contributed by atoms with E-state index in [0.29, 0.717) is 30.4 Å². The molecule has 2 aromatic rings. The van der Waals surface area contributed by atoms with Crippen LogP contribution in [0.5, 0.6) is 17.2 Å². The van der Waals surface area contributed by atoms with E-state index in [9.17, 15) is 14.4 Å². The van der Waals surface area contributed by atoms with Gasteiger partial charge in [-0.25, -0.2) is 4.79 Å². The minimum absolute atomic E-state index is 0.201. The first kappa shape index (κ1) is 24.9. The lowest BCUT2D eigenvalue weighted by Crippen LogP contribution is -2.41. The van der Waals surface area contributed by atoms with Gasteiger partial charge >= 0.3 is 5.97 Å². The number of rotatable bonds is 9. The predicted octanol–water partition coefficient (Wildman–Crippen LogP) is 3.14. The zero-order valence-electron chi connectivity index (χ0n) is 19.7. The quantitative estimate of drug-likeness (QED) is 0.562. The van der Waals surface area contributed by atoms with Crippen molar-refractivity contribution in [2.45, 2.75) is 19.8 Å². The molecule has 0 bridgehead atoms. The van der Waals surface area contributed by atoms with Crippen LogP contribution < -0.4 is 19.5 Å².